The molecule has 2 rings (SSSR count). The van der Waals surface area contributed by atoms with Crippen LogP contribution in [-0.4, -0.2) is 26.1 Å². The summed E-state index contributed by atoms with van der Waals surface area (Å²) in [6, 6.07) is 1.80. The predicted molar refractivity (Wildman–Crippen MR) is 57.4 cm³/mol. The fourth-order valence-corrected chi connectivity index (χ4v) is 1.29. The van der Waals surface area contributed by atoms with Gasteiger partial charge >= 0.3 is 0 Å². The van der Waals surface area contributed by atoms with Crippen molar-refractivity contribution in [2.45, 2.75) is 6.42 Å². The van der Waals surface area contributed by atoms with Gasteiger partial charge in [0, 0.05) is 38.6 Å². The Labute approximate surface area is 88.2 Å². The number of hydrogen-bond acceptors (Lipinski definition) is 4. The van der Waals surface area contributed by atoms with Crippen molar-refractivity contribution < 1.29 is 0 Å². The molecule has 0 spiro atoms. The molecule has 0 aromatic carbocycles. The molecule has 2 heterocycles. The van der Waals surface area contributed by atoms with Gasteiger partial charge in [0.1, 0.15) is 0 Å². The molecule has 15 heavy (non-hydrogen) atoms. The Kier molecular flexibility index (Phi) is 2.92. The van der Waals surface area contributed by atoms with E-state index >= 15 is 0 Å². The van der Waals surface area contributed by atoms with Crippen molar-refractivity contribution in [2.24, 2.45) is 7.05 Å². The van der Waals surface area contributed by atoms with Crippen molar-refractivity contribution >= 4 is 5.95 Å². The van der Waals surface area contributed by atoms with Gasteiger partial charge in [0.05, 0.1) is 12.0 Å². The summed E-state index contributed by atoms with van der Waals surface area (Å²) < 4.78 is 1.94. The molecule has 5 nitrogen and oxygen atoms in total. The number of aryl methyl sites for hydroxylation is 1. The summed E-state index contributed by atoms with van der Waals surface area (Å²) >= 11 is 0. The summed E-state index contributed by atoms with van der Waals surface area (Å²) in [5.41, 5.74) is 1.07. The maximum atomic E-state index is 4.23. The molecule has 0 fully saturated rings. The van der Waals surface area contributed by atoms with E-state index in [-0.39, 0.29) is 0 Å². The summed E-state index contributed by atoms with van der Waals surface area (Å²) in [7, 11) is 1.96. The fourth-order valence-electron chi connectivity index (χ4n) is 1.29. The molecule has 0 aliphatic carbocycles. The van der Waals surface area contributed by atoms with Gasteiger partial charge in [-0.1, -0.05) is 0 Å². The topological polar surface area (TPSA) is 55.6 Å². The van der Waals surface area contributed by atoms with Gasteiger partial charge in [-0.15, -0.1) is 0 Å². The third kappa shape index (κ3) is 2.77. The molecule has 0 saturated heterocycles. The van der Waals surface area contributed by atoms with Crippen LogP contribution in [0.4, 0.5) is 5.95 Å². The van der Waals surface area contributed by atoms with E-state index in [4.69, 9.17) is 0 Å². The van der Waals surface area contributed by atoms with Crippen molar-refractivity contribution in [3.8, 4) is 0 Å². The van der Waals surface area contributed by atoms with Crippen LogP contribution in [0.15, 0.2) is 31.0 Å². The predicted octanol–water partition coefficient (Wildman–Crippen LogP) is 0.865. The van der Waals surface area contributed by atoms with Gasteiger partial charge in [-0.3, -0.25) is 0 Å². The number of nitrogens with zero attached hydrogens (tertiary/aromatic N) is 4. The molecular formula is C10H13N5. The van der Waals surface area contributed by atoms with Gasteiger partial charge < -0.3 is 9.88 Å². The molecule has 5 heteroatoms. The first-order chi connectivity index (χ1) is 7.34. The quantitative estimate of drug-likeness (QED) is 0.801. The maximum absolute atomic E-state index is 4.23. The number of hydrogen-bond donors (Lipinski definition) is 1. The van der Waals surface area contributed by atoms with Crippen LogP contribution < -0.4 is 5.32 Å². The SMILES string of the molecule is Cn1cnc(CCNc2ncccn2)c1. The van der Waals surface area contributed by atoms with E-state index in [2.05, 4.69) is 20.3 Å². The molecule has 0 amide bonds. The van der Waals surface area contributed by atoms with Crippen molar-refractivity contribution in [1.82, 2.24) is 19.5 Å². The van der Waals surface area contributed by atoms with Crippen LogP contribution in [-0.2, 0) is 13.5 Å². The molecule has 1 N–H and O–H groups in total. The van der Waals surface area contributed by atoms with Crippen molar-refractivity contribution in [2.75, 3.05) is 11.9 Å². The molecule has 0 radical (unpaired) electrons. The van der Waals surface area contributed by atoms with Crippen LogP contribution >= 0.6 is 0 Å². The van der Waals surface area contributed by atoms with E-state index in [1.807, 2.05) is 17.8 Å². The summed E-state index contributed by atoms with van der Waals surface area (Å²) in [4.78, 5) is 12.4. The lowest BCUT2D eigenvalue weighted by Crippen LogP contribution is -2.07. The highest BCUT2D eigenvalue weighted by molar-refractivity contribution is 5.22. The molecule has 0 unspecified atom stereocenters. The largest absolute Gasteiger partial charge is 0.354 e. The zero-order chi connectivity index (χ0) is 10.5. The van der Waals surface area contributed by atoms with E-state index in [1.54, 1.807) is 24.8 Å². The first-order valence-corrected chi connectivity index (χ1v) is 4.82. The smallest absolute Gasteiger partial charge is 0.222 e. The van der Waals surface area contributed by atoms with E-state index in [1.165, 1.54) is 0 Å². The highest BCUT2D eigenvalue weighted by Crippen LogP contribution is 1.97. The lowest BCUT2D eigenvalue weighted by Gasteiger charge is -2.01. The average Bonchev–Trinajstić information content (AvgIpc) is 2.66. The van der Waals surface area contributed by atoms with Crippen LogP contribution in [0.25, 0.3) is 0 Å². The van der Waals surface area contributed by atoms with E-state index in [0.29, 0.717) is 5.95 Å². The van der Waals surface area contributed by atoms with Crippen molar-refractivity contribution in [3.05, 3.63) is 36.7 Å². The molecule has 0 atom stereocenters. The monoisotopic (exact) mass is 203 g/mol. The van der Waals surface area contributed by atoms with Crippen molar-refractivity contribution in [1.29, 1.82) is 0 Å². The highest BCUT2D eigenvalue weighted by Gasteiger charge is 1.97. The Bertz CT molecular complexity index is 409. The van der Waals surface area contributed by atoms with E-state index in [9.17, 15) is 0 Å². The van der Waals surface area contributed by atoms with Crippen LogP contribution in [0.1, 0.15) is 5.69 Å². The zero-order valence-corrected chi connectivity index (χ0v) is 8.59. The van der Waals surface area contributed by atoms with Crippen LogP contribution in [0.3, 0.4) is 0 Å². The minimum absolute atomic E-state index is 0.661. The van der Waals surface area contributed by atoms with Gasteiger partial charge in [-0.05, 0) is 6.07 Å². The van der Waals surface area contributed by atoms with Gasteiger partial charge in [-0.25, -0.2) is 15.0 Å². The second kappa shape index (κ2) is 4.54. The third-order valence-corrected chi connectivity index (χ3v) is 1.99. The molecule has 0 bridgehead atoms. The summed E-state index contributed by atoms with van der Waals surface area (Å²) in [5, 5.41) is 3.13. The molecule has 2 aromatic rings. The summed E-state index contributed by atoms with van der Waals surface area (Å²) in [6.07, 6.45) is 8.12. The number of rotatable bonds is 4. The molecule has 0 aliphatic rings. The number of nitrogens with one attached hydrogen (secondary N) is 1. The van der Waals surface area contributed by atoms with E-state index in [0.717, 1.165) is 18.7 Å². The van der Waals surface area contributed by atoms with Crippen LogP contribution in [0.2, 0.25) is 0 Å². The molecule has 0 aliphatic heterocycles. The average molecular weight is 203 g/mol. The normalized spacial score (nSPS) is 10.2. The van der Waals surface area contributed by atoms with Crippen LogP contribution in [0.5, 0.6) is 0 Å². The van der Waals surface area contributed by atoms with Crippen LogP contribution in [0, 0.1) is 0 Å². The Morgan fingerprint density at radius 3 is 2.73 bits per heavy atom. The van der Waals surface area contributed by atoms with Gasteiger partial charge in [0.15, 0.2) is 0 Å². The summed E-state index contributed by atoms with van der Waals surface area (Å²) in [5.74, 6) is 0.661. The minimum atomic E-state index is 0.661. The zero-order valence-electron chi connectivity index (χ0n) is 8.59. The van der Waals surface area contributed by atoms with Gasteiger partial charge in [0.25, 0.3) is 0 Å². The van der Waals surface area contributed by atoms with Crippen molar-refractivity contribution in [3.63, 3.8) is 0 Å². The Hall–Kier alpha value is -1.91. The van der Waals surface area contributed by atoms with Gasteiger partial charge in [0.2, 0.25) is 5.95 Å². The number of imidazole rings is 1. The standard InChI is InChI=1S/C10H13N5/c1-15-7-9(14-8-15)3-6-13-10-11-4-2-5-12-10/h2,4-5,7-8H,3,6H2,1H3,(H,11,12,13). The summed E-state index contributed by atoms with van der Waals surface area (Å²) in [6.45, 7) is 0.793. The molecule has 2 aromatic heterocycles. The Morgan fingerprint density at radius 2 is 2.07 bits per heavy atom. The number of aromatic nitrogens is 4. The molecule has 0 saturated carbocycles. The molecule has 78 valence electrons. The second-order valence-electron chi connectivity index (χ2n) is 3.28. The van der Waals surface area contributed by atoms with E-state index < -0.39 is 0 Å². The third-order valence-electron chi connectivity index (χ3n) is 1.99. The Morgan fingerprint density at radius 1 is 1.27 bits per heavy atom. The lowest BCUT2D eigenvalue weighted by molar-refractivity contribution is 0.909. The fraction of sp³-hybridized carbons (Fsp3) is 0.300. The Balaban J connectivity index is 1.80. The highest BCUT2D eigenvalue weighted by atomic mass is 15.1. The van der Waals surface area contributed by atoms with Gasteiger partial charge in [-0.2, -0.15) is 0 Å². The maximum Gasteiger partial charge on any atom is 0.222 e. The first kappa shape index (κ1) is 9.64. The minimum Gasteiger partial charge on any atom is -0.354 e. The second-order valence-corrected chi connectivity index (χ2v) is 3.28. The number of anilines is 1. The lowest BCUT2D eigenvalue weighted by atomic mass is 10.3. The first-order valence-electron chi connectivity index (χ1n) is 4.82. The molecular weight excluding hydrogens is 190 g/mol.